The fraction of sp³-hybridized carbons (Fsp3) is 0.500. The lowest BCUT2D eigenvalue weighted by atomic mass is 10.2. The minimum atomic E-state index is -0.144. The molecule has 1 aromatic rings. The molecular formula is C14H20O2S. The third-order valence-corrected chi connectivity index (χ3v) is 3.50. The van der Waals surface area contributed by atoms with Gasteiger partial charge in [-0.25, -0.2) is 0 Å². The highest BCUT2D eigenvalue weighted by Gasteiger charge is 2.15. The Hall–Kier alpha value is -0.960. The summed E-state index contributed by atoms with van der Waals surface area (Å²) in [6.07, 6.45) is 1.99. The van der Waals surface area contributed by atoms with Crippen LogP contribution in [0.4, 0.5) is 0 Å². The molecule has 94 valence electrons. The van der Waals surface area contributed by atoms with Crippen molar-refractivity contribution in [1.82, 2.24) is 0 Å². The van der Waals surface area contributed by atoms with Gasteiger partial charge >= 0.3 is 5.97 Å². The molecule has 0 amide bonds. The summed E-state index contributed by atoms with van der Waals surface area (Å²) in [7, 11) is 0. The molecule has 17 heavy (non-hydrogen) atoms. The van der Waals surface area contributed by atoms with Crippen LogP contribution in [-0.2, 0) is 9.53 Å². The number of esters is 1. The van der Waals surface area contributed by atoms with Gasteiger partial charge in [-0.2, -0.15) is 0 Å². The normalized spacial score (nSPS) is 12.2. The topological polar surface area (TPSA) is 26.3 Å². The number of carbonyl (C=O) groups excluding carboxylic acids is 1. The van der Waals surface area contributed by atoms with Crippen LogP contribution in [0.1, 0.15) is 32.3 Å². The Labute approximate surface area is 108 Å². The molecule has 0 heterocycles. The van der Waals surface area contributed by atoms with E-state index in [1.807, 2.05) is 19.1 Å². The summed E-state index contributed by atoms with van der Waals surface area (Å²) in [6, 6.07) is 8.18. The maximum Gasteiger partial charge on any atom is 0.319 e. The van der Waals surface area contributed by atoms with Crippen molar-refractivity contribution in [1.29, 1.82) is 0 Å². The maximum atomic E-state index is 11.6. The summed E-state index contributed by atoms with van der Waals surface area (Å²) < 4.78 is 5.18. The molecule has 0 saturated carbocycles. The number of unbranched alkanes of at least 4 members (excludes halogenated alkanes) is 1. The quantitative estimate of drug-likeness (QED) is 0.437. The van der Waals surface area contributed by atoms with Gasteiger partial charge in [0, 0.05) is 4.90 Å². The lowest BCUT2D eigenvalue weighted by Gasteiger charge is -2.11. The first-order chi connectivity index (χ1) is 8.13. The molecule has 0 aromatic heterocycles. The number of hydrogen-bond donors (Lipinski definition) is 0. The standard InChI is InChI=1S/C14H20O2S/c1-4-5-10-16-14(15)12(3)17-13-8-6-11(2)7-9-13/h6-9,12H,4-5,10H2,1-3H3. The molecule has 0 bridgehead atoms. The van der Waals surface area contributed by atoms with Crippen LogP contribution in [0.2, 0.25) is 0 Å². The number of hydrogen-bond acceptors (Lipinski definition) is 3. The molecule has 0 saturated heterocycles. The van der Waals surface area contributed by atoms with Gasteiger partial charge in [0.15, 0.2) is 0 Å². The van der Waals surface area contributed by atoms with E-state index in [9.17, 15) is 4.79 Å². The van der Waals surface area contributed by atoms with Gasteiger partial charge in [-0.3, -0.25) is 4.79 Å². The van der Waals surface area contributed by atoms with Crippen molar-refractivity contribution < 1.29 is 9.53 Å². The summed E-state index contributed by atoms with van der Waals surface area (Å²) in [6.45, 7) is 6.56. The third-order valence-electron chi connectivity index (χ3n) is 2.41. The largest absolute Gasteiger partial charge is 0.465 e. The molecule has 0 N–H and O–H groups in total. The summed E-state index contributed by atoms with van der Waals surface area (Å²) in [5.41, 5.74) is 1.23. The molecule has 1 unspecified atom stereocenters. The van der Waals surface area contributed by atoms with Crippen LogP contribution < -0.4 is 0 Å². The zero-order valence-corrected chi connectivity index (χ0v) is 11.5. The summed E-state index contributed by atoms with van der Waals surface area (Å²) in [5.74, 6) is -0.121. The number of aryl methyl sites for hydroxylation is 1. The average molecular weight is 252 g/mol. The van der Waals surface area contributed by atoms with Gasteiger partial charge in [-0.15, -0.1) is 11.8 Å². The Balaban J connectivity index is 2.40. The van der Waals surface area contributed by atoms with Crippen molar-refractivity contribution in [3.05, 3.63) is 29.8 Å². The molecule has 0 aliphatic rings. The van der Waals surface area contributed by atoms with E-state index in [0.717, 1.165) is 17.7 Å². The average Bonchev–Trinajstić information content (AvgIpc) is 2.32. The second kappa shape index (κ2) is 7.38. The van der Waals surface area contributed by atoms with Gasteiger partial charge in [-0.05, 0) is 32.4 Å². The van der Waals surface area contributed by atoms with E-state index in [2.05, 4.69) is 26.0 Å². The van der Waals surface area contributed by atoms with Crippen LogP contribution in [0.3, 0.4) is 0 Å². The minimum absolute atomic E-state index is 0.121. The van der Waals surface area contributed by atoms with Gasteiger partial charge in [0.05, 0.1) is 6.61 Å². The fourth-order valence-electron chi connectivity index (χ4n) is 1.30. The maximum absolute atomic E-state index is 11.6. The number of rotatable bonds is 6. The summed E-state index contributed by atoms with van der Waals surface area (Å²) in [4.78, 5) is 12.8. The number of ether oxygens (including phenoxy) is 1. The van der Waals surface area contributed by atoms with E-state index in [1.165, 1.54) is 5.56 Å². The van der Waals surface area contributed by atoms with E-state index in [-0.39, 0.29) is 11.2 Å². The van der Waals surface area contributed by atoms with Crippen LogP contribution in [-0.4, -0.2) is 17.8 Å². The van der Waals surface area contributed by atoms with Gasteiger partial charge in [0.1, 0.15) is 5.25 Å². The molecule has 1 atom stereocenters. The monoisotopic (exact) mass is 252 g/mol. The molecular weight excluding hydrogens is 232 g/mol. The second-order valence-corrected chi connectivity index (χ2v) is 5.51. The predicted molar refractivity (Wildman–Crippen MR) is 72.4 cm³/mol. The SMILES string of the molecule is CCCCOC(=O)C(C)Sc1ccc(C)cc1. The van der Waals surface area contributed by atoms with E-state index >= 15 is 0 Å². The van der Waals surface area contributed by atoms with Gasteiger partial charge in [0.25, 0.3) is 0 Å². The first-order valence-electron chi connectivity index (χ1n) is 6.03. The smallest absolute Gasteiger partial charge is 0.319 e. The zero-order valence-electron chi connectivity index (χ0n) is 10.7. The van der Waals surface area contributed by atoms with Crippen molar-refractivity contribution in [3.63, 3.8) is 0 Å². The molecule has 0 fully saturated rings. The highest BCUT2D eigenvalue weighted by molar-refractivity contribution is 8.00. The Morgan fingerprint density at radius 2 is 2.00 bits per heavy atom. The van der Waals surface area contributed by atoms with Crippen molar-refractivity contribution in [2.75, 3.05) is 6.61 Å². The van der Waals surface area contributed by atoms with Gasteiger partial charge < -0.3 is 4.74 Å². The molecule has 2 nitrogen and oxygen atoms in total. The van der Waals surface area contributed by atoms with Crippen LogP contribution in [0.15, 0.2) is 29.2 Å². The molecule has 0 spiro atoms. The number of benzene rings is 1. The number of carbonyl (C=O) groups is 1. The molecule has 3 heteroatoms. The Kier molecular flexibility index (Phi) is 6.12. The van der Waals surface area contributed by atoms with E-state index < -0.39 is 0 Å². The molecule has 0 aliphatic heterocycles. The Morgan fingerprint density at radius 3 is 2.59 bits per heavy atom. The van der Waals surface area contributed by atoms with E-state index in [4.69, 9.17) is 4.74 Å². The highest BCUT2D eigenvalue weighted by atomic mass is 32.2. The zero-order chi connectivity index (χ0) is 12.7. The van der Waals surface area contributed by atoms with Crippen molar-refractivity contribution in [2.45, 2.75) is 43.8 Å². The Morgan fingerprint density at radius 1 is 1.35 bits per heavy atom. The lowest BCUT2D eigenvalue weighted by Crippen LogP contribution is -2.17. The van der Waals surface area contributed by atoms with Crippen LogP contribution >= 0.6 is 11.8 Å². The molecule has 0 radical (unpaired) electrons. The highest BCUT2D eigenvalue weighted by Crippen LogP contribution is 2.24. The molecule has 1 aromatic carbocycles. The third kappa shape index (κ3) is 5.26. The van der Waals surface area contributed by atoms with Crippen LogP contribution in [0, 0.1) is 6.92 Å². The summed E-state index contributed by atoms with van der Waals surface area (Å²) >= 11 is 1.54. The number of thioether (sulfide) groups is 1. The van der Waals surface area contributed by atoms with Gasteiger partial charge in [-0.1, -0.05) is 31.0 Å². The minimum Gasteiger partial charge on any atom is -0.465 e. The predicted octanol–water partition coefficient (Wildman–Crippen LogP) is 3.82. The van der Waals surface area contributed by atoms with Crippen molar-refractivity contribution in [2.24, 2.45) is 0 Å². The second-order valence-electron chi connectivity index (χ2n) is 4.09. The first-order valence-corrected chi connectivity index (χ1v) is 6.91. The van der Waals surface area contributed by atoms with Crippen molar-refractivity contribution in [3.8, 4) is 0 Å². The molecule has 1 rings (SSSR count). The van der Waals surface area contributed by atoms with E-state index in [1.54, 1.807) is 11.8 Å². The lowest BCUT2D eigenvalue weighted by molar-refractivity contribution is -0.142. The molecule has 0 aliphatic carbocycles. The Bertz CT molecular complexity index is 346. The summed E-state index contributed by atoms with van der Waals surface area (Å²) in [5, 5.41) is -0.144. The van der Waals surface area contributed by atoms with Crippen molar-refractivity contribution >= 4 is 17.7 Å². The van der Waals surface area contributed by atoms with Gasteiger partial charge in [0.2, 0.25) is 0 Å². The van der Waals surface area contributed by atoms with Crippen LogP contribution in [0.5, 0.6) is 0 Å². The fourth-order valence-corrected chi connectivity index (χ4v) is 2.17. The van der Waals surface area contributed by atoms with Crippen LogP contribution in [0.25, 0.3) is 0 Å². The first kappa shape index (κ1) is 14.1. The van der Waals surface area contributed by atoms with E-state index in [0.29, 0.717) is 6.61 Å².